The number of alkyl halides is 3. The smallest absolute Gasteiger partial charge is 0.354 e. The molecule has 0 fully saturated rings. The van der Waals surface area contributed by atoms with Crippen LogP contribution in [-0.4, -0.2) is 15.1 Å². The summed E-state index contributed by atoms with van der Waals surface area (Å²) in [6.45, 7) is 0. The standard InChI is InChI=1S/C14H9F3N4O2/c15-14(16,17)8-3-5-9(6-4-8)19-10-2-1-7-18-11(10)12-20-13(22)23-21-12/h1-7,19H,(H,20,21,22). The predicted octanol–water partition coefficient (Wildman–Crippen LogP) is 3.19. The van der Waals surface area contributed by atoms with Crippen LogP contribution in [0.2, 0.25) is 0 Å². The van der Waals surface area contributed by atoms with Crippen LogP contribution >= 0.6 is 0 Å². The van der Waals surface area contributed by atoms with Crippen LogP contribution in [0.25, 0.3) is 11.5 Å². The molecule has 2 aromatic heterocycles. The average Bonchev–Trinajstić information content (AvgIpc) is 2.94. The second-order valence-corrected chi connectivity index (χ2v) is 4.54. The van der Waals surface area contributed by atoms with Gasteiger partial charge in [0.05, 0.1) is 11.3 Å². The molecule has 6 nitrogen and oxygen atoms in total. The molecule has 0 saturated carbocycles. The van der Waals surface area contributed by atoms with Crippen LogP contribution in [0.3, 0.4) is 0 Å². The SMILES string of the molecule is O=c1[nH]c(-c2ncccc2Nc2ccc(C(F)(F)F)cc2)no1. The summed E-state index contributed by atoms with van der Waals surface area (Å²) in [5.74, 6) is -0.615. The molecule has 23 heavy (non-hydrogen) atoms. The lowest BCUT2D eigenvalue weighted by molar-refractivity contribution is -0.137. The number of rotatable bonds is 3. The van der Waals surface area contributed by atoms with E-state index in [9.17, 15) is 18.0 Å². The van der Waals surface area contributed by atoms with Gasteiger partial charge in [-0.15, -0.1) is 0 Å². The molecule has 0 amide bonds. The molecule has 1 aromatic carbocycles. The van der Waals surface area contributed by atoms with E-state index in [0.29, 0.717) is 17.1 Å². The van der Waals surface area contributed by atoms with E-state index < -0.39 is 17.5 Å². The number of benzene rings is 1. The van der Waals surface area contributed by atoms with Crippen molar-refractivity contribution in [2.45, 2.75) is 6.18 Å². The monoisotopic (exact) mass is 322 g/mol. The van der Waals surface area contributed by atoms with E-state index in [1.165, 1.54) is 18.3 Å². The topological polar surface area (TPSA) is 83.8 Å². The summed E-state index contributed by atoms with van der Waals surface area (Å²) in [4.78, 5) is 17.5. The highest BCUT2D eigenvalue weighted by Gasteiger charge is 2.29. The maximum atomic E-state index is 12.6. The minimum atomic E-state index is -4.39. The Bertz CT molecular complexity index is 868. The van der Waals surface area contributed by atoms with Gasteiger partial charge in [-0.2, -0.15) is 13.2 Å². The highest BCUT2D eigenvalue weighted by Crippen LogP contribution is 2.31. The number of nitrogens with one attached hydrogen (secondary N) is 2. The van der Waals surface area contributed by atoms with Crippen molar-refractivity contribution in [3.8, 4) is 11.5 Å². The minimum absolute atomic E-state index is 0.116. The number of nitrogens with zero attached hydrogens (tertiary/aromatic N) is 2. The maximum absolute atomic E-state index is 12.6. The van der Waals surface area contributed by atoms with E-state index in [1.54, 1.807) is 12.1 Å². The third-order valence-electron chi connectivity index (χ3n) is 2.96. The van der Waals surface area contributed by atoms with Crippen molar-refractivity contribution >= 4 is 11.4 Å². The molecule has 0 saturated heterocycles. The largest absolute Gasteiger partial charge is 0.439 e. The summed E-state index contributed by atoms with van der Waals surface area (Å²) in [5, 5.41) is 6.47. The fourth-order valence-electron chi connectivity index (χ4n) is 1.92. The second-order valence-electron chi connectivity index (χ2n) is 4.54. The van der Waals surface area contributed by atoms with E-state index in [2.05, 4.69) is 25.0 Å². The van der Waals surface area contributed by atoms with Crippen LogP contribution in [-0.2, 0) is 6.18 Å². The van der Waals surface area contributed by atoms with Crippen LogP contribution < -0.4 is 11.1 Å². The Labute approximate surface area is 127 Å². The molecule has 3 aromatic rings. The highest BCUT2D eigenvalue weighted by molar-refractivity contribution is 5.74. The molecule has 0 radical (unpaired) electrons. The number of aromatic nitrogens is 3. The zero-order valence-electron chi connectivity index (χ0n) is 11.4. The quantitative estimate of drug-likeness (QED) is 0.774. The normalized spacial score (nSPS) is 11.4. The summed E-state index contributed by atoms with van der Waals surface area (Å²) in [7, 11) is 0. The molecule has 0 spiro atoms. The van der Waals surface area contributed by atoms with Gasteiger partial charge in [-0.25, -0.2) is 4.79 Å². The fraction of sp³-hybridized carbons (Fsp3) is 0.0714. The van der Waals surface area contributed by atoms with Crippen molar-refractivity contribution < 1.29 is 17.7 Å². The van der Waals surface area contributed by atoms with Crippen LogP contribution in [0, 0.1) is 0 Å². The third-order valence-corrected chi connectivity index (χ3v) is 2.96. The molecular formula is C14H9F3N4O2. The van der Waals surface area contributed by atoms with E-state index >= 15 is 0 Å². The molecule has 2 heterocycles. The molecule has 0 aliphatic rings. The van der Waals surface area contributed by atoms with Crippen molar-refractivity contribution in [3.63, 3.8) is 0 Å². The van der Waals surface area contributed by atoms with Crippen molar-refractivity contribution in [1.29, 1.82) is 0 Å². The summed E-state index contributed by atoms with van der Waals surface area (Å²) in [6, 6.07) is 7.81. The van der Waals surface area contributed by atoms with Crippen LogP contribution in [0.4, 0.5) is 24.5 Å². The van der Waals surface area contributed by atoms with Crippen molar-refractivity contribution in [2.75, 3.05) is 5.32 Å². The van der Waals surface area contributed by atoms with Crippen LogP contribution in [0.5, 0.6) is 0 Å². The number of hydrogen-bond donors (Lipinski definition) is 2. The number of anilines is 2. The van der Waals surface area contributed by atoms with Gasteiger partial charge in [-0.3, -0.25) is 14.5 Å². The van der Waals surface area contributed by atoms with E-state index in [0.717, 1.165) is 12.1 Å². The second kappa shape index (κ2) is 5.59. The van der Waals surface area contributed by atoms with Crippen molar-refractivity contribution in [3.05, 3.63) is 58.7 Å². The molecule has 118 valence electrons. The Balaban J connectivity index is 1.90. The molecule has 0 aliphatic heterocycles. The Morgan fingerprint density at radius 2 is 1.87 bits per heavy atom. The maximum Gasteiger partial charge on any atom is 0.439 e. The zero-order chi connectivity index (χ0) is 16.4. The van der Waals surface area contributed by atoms with Gasteiger partial charge in [0.2, 0.25) is 5.82 Å². The first-order valence-corrected chi connectivity index (χ1v) is 6.39. The first-order valence-electron chi connectivity index (χ1n) is 6.39. The van der Waals surface area contributed by atoms with Gasteiger partial charge in [0, 0.05) is 11.9 Å². The molecule has 0 aliphatic carbocycles. The molecular weight excluding hydrogens is 313 g/mol. The van der Waals surface area contributed by atoms with Crippen LogP contribution in [0.1, 0.15) is 5.56 Å². The van der Waals surface area contributed by atoms with Gasteiger partial charge >= 0.3 is 11.9 Å². The van der Waals surface area contributed by atoms with E-state index in [4.69, 9.17) is 0 Å². The molecule has 0 bridgehead atoms. The number of H-pyrrole nitrogens is 1. The van der Waals surface area contributed by atoms with Gasteiger partial charge < -0.3 is 5.32 Å². The zero-order valence-corrected chi connectivity index (χ0v) is 11.4. The van der Waals surface area contributed by atoms with Gasteiger partial charge in [0.1, 0.15) is 5.69 Å². The Kier molecular flexibility index (Phi) is 3.61. The minimum Gasteiger partial charge on any atom is -0.354 e. The Hall–Kier alpha value is -3.10. The lowest BCUT2D eigenvalue weighted by Crippen LogP contribution is -2.04. The number of halogens is 3. The summed E-state index contributed by atoms with van der Waals surface area (Å²) < 4.78 is 42.1. The van der Waals surface area contributed by atoms with Crippen molar-refractivity contribution in [2.24, 2.45) is 0 Å². The van der Waals surface area contributed by atoms with Crippen LogP contribution in [0.15, 0.2) is 51.9 Å². The number of aromatic amines is 1. The number of pyridine rings is 1. The predicted molar refractivity (Wildman–Crippen MR) is 75.1 cm³/mol. The molecule has 3 rings (SSSR count). The molecule has 0 unspecified atom stereocenters. The van der Waals surface area contributed by atoms with Gasteiger partial charge in [0.15, 0.2) is 0 Å². The third kappa shape index (κ3) is 3.23. The highest BCUT2D eigenvalue weighted by atomic mass is 19.4. The van der Waals surface area contributed by atoms with E-state index in [-0.39, 0.29) is 5.82 Å². The summed E-state index contributed by atoms with van der Waals surface area (Å²) >= 11 is 0. The Morgan fingerprint density at radius 3 is 2.48 bits per heavy atom. The Morgan fingerprint density at radius 1 is 1.13 bits per heavy atom. The number of hydrogen-bond acceptors (Lipinski definition) is 5. The lowest BCUT2D eigenvalue weighted by Gasteiger charge is -2.11. The van der Waals surface area contributed by atoms with Gasteiger partial charge in [-0.05, 0) is 36.4 Å². The first-order chi connectivity index (χ1) is 10.9. The first kappa shape index (κ1) is 14.8. The summed E-state index contributed by atoms with van der Waals surface area (Å²) in [6.07, 6.45) is -2.90. The molecule has 2 N–H and O–H groups in total. The average molecular weight is 322 g/mol. The molecule has 0 atom stereocenters. The fourth-order valence-corrected chi connectivity index (χ4v) is 1.92. The van der Waals surface area contributed by atoms with E-state index in [1.807, 2.05) is 0 Å². The molecule has 9 heteroatoms. The van der Waals surface area contributed by atoms with Gasteiger partial charge in [0.25, 0.3) is 0 Å². The van der Waals surface area contributed by atoms with Crippen molar-refractivity contribution in [1.82, 2.24) is 15.1 Å². The van der Waals surface area contributed by atoms with Gasteiger partial charge in [-0.1, -0.05) is 5.16 Å². The summed E-state index contributed by atoms with van der Waals surface area (Å²) in [5.41, 5.74) is 0.448. The lowest BCUT2D eigenvalue weighted by atomic mass is 10.2.